The first kappa shape index (κ1) is 18.3. The molecule has 0 aliphatic carbocycles. The zero-order valence-electron chi connectivity index (χ0n) is 12.3. The van der Waals surface area contributed by atoms with Crippen molar-refractivity contribution in [1.82, 2.24) is 10.0 Å². The van der Waals surface area contributed by atoms with Gasteiger partial charge in [0, 0.05) is 16.0 Å². The van der Waals surface area contributed by atoms with Gasteiger partial charge in [0.25, 0.3) is 11.6 Å². The molecule has 0 unspecified atom stereocenters. The van der Waals surface area contributed by atoms with Crippen LogP contribution in [0.1, 0.15) is 15.2 Å². The van der Waals surface area contributed by atoms with Crippen molar-refractivity contribution >= 4 is 44.6 Å². The van der Waals surface area contributed by atoms with Crippen molar-refractivity contribution in [3.8, 4) is 0 Å². The summed E-state index contributed by atoms with van der Waals surface area (Å²) >= 11 is 6.69. The number of halogens is 1. The van der Waals surface area contributed by atoms with E-state index in [1.807, 2.05) is 0 Å². The maximum absolute atomic E-state index is 12.1. The van der Waals surface area contributed by atoms with Crippen LogP contribution < -0.4 is 10.0 Å². The number of nitrogens with one attached hydrogen (secondary N) is 2. The van der Waals surface area contributed by atoms with Crippen LogP contribution >= 0.6 is 22.9 Å². The average Bonchev–Trinajstić information content (AvgIpc) is 3.02. The number of rotatable bonds is 6. The molecule has 1 amide bonds. The summed E-state index contributed by atoms with van der Waals surface area (Å²) in [4.78, 5) is 23.0. The van der Waals surface area contributed by atoms with Crippen LogP contribution in [0.25, 0.3) is 0 Å². The second-order valence-electron chi connectivity index (χ2n) is 4.53. The van der Waals surface area contributed by atoms with Crippen molar-refractivity contribution in [1.29, 1.82) is 0 Å². The van der Waals surface area contributed by atoms with E-state index in [9.17, 15) is 23.3 Å². The highest BCUT2D eigenvalue weighted by molar-refractivity contribution is 7.91. The van der Waals surface area contributed by atoms with E-state index in [1.165, 1.54) is 25.2 Å². The van der Waals surface area contributed by atoms with Gasteiger partial charge in [0.15, 0.2) is 0 Å². The van der Waals surface area contributed by atoms with Gasteiger partial charge in [0.2, 0.25) is 10.0 Å². The van der Waals surface area contributed by atoms with Gasteiger partial charge in [-0.25, -0.2) is 13.1 Å². The van der Waals surface area contributed by atoms with Crippen LogP contribution in [0.15, 0.2) is 34.5 Å². The van der Waals surface area contributed by atoms with Gasteiger partial charge in [-0.15, -0.1) is 11.3 Å². The van der Waals surface area contributed by atoms with E-state index in [4.69, 9.17) is 11.6 Å². The SMILES string of the molecule is CNS(=O)(=O)c1ccc(CNC(=O)c2ccc(Cl)cc2[N+](=O)[O-])s1. The Balaban J connectivity index is 2.13. The molecule has 0 spiro atoms. The smallest absolute Gasteiger partial charge is 0.283 e. The maximum atomic E-state index is 12.1. The maximum Gasteiger partial charge on any atom is 0.283 e. The normalized spacial score (nSPS) is 11.2. The van der Waals surface area contributed by atoms with Crippen molar-refractivity contribution in [2.45, 2.75) is 10.8 Å². The van der Waals surface area contributed by atoms with Crippen LogP contribution in [0.2, 0.25) is 5.02 Å². The quantitative estimate of drug-likeness (QED) is 0.579. The molecule has 0 saturated carbocycles. The summed E-state index contributed by atoms with van der Waals surface area (Å²) in [6, 6.07) is 6.72. The molecule has 128 valence electrons. The second kappa shape index (κ2) is 7.26. The minimum Gasteiger partial charge on any atom is -0.347 e. The molecule has 2 aromatic rings. The Morgan fingerprint density at radius 1 is 1.33 bits per heavy atom. The third-order valence-electron chi connectivity index (χ3n) is 2.99. The van der Waals surface area contributed by atoms with Crippen LogP contribution in [-0.4, -0.2) is 26.3 Å². The molecule has 1 heterocycles. The number of amides is 1. The fourth-order valence-electron chi connectivity index (χ4n) is 1.81. The second-order valence-corrected chi connectivity index (χ2v) is 8.25. The summed E-state index contributed by atoms with van der Waals surface area (Å²) in [5.41, 5.74) is -0.520. The van der Waals surface area contributed by atoms with Gasteiger partial charge in [-0.1, -0.05) is 11.6 Å². The molecule has 0 saturated heterocycles. The lowest BCUT2D eigenvalue weighted by atomic mass is 10.1. The summed E-state index contributed by atoms with van der Waals surface area (Å²) in [5, 5.41) is 13.7. The zero-order chi connectivity index (χ0) is 17.9. The van der Waals surface area contributed by atoms with E-state index in [0.717, 1.165) is 17.4 Å². The number of benzene rings is 1. The molecular weight excluding hydrogens is 378 g/mol. The molecular formula is C13H12ClN3O5S2. The summed E-state index contributed by atoms with van der Waals surface area (Å²) in [5.74, 6) is -0.648. The number of sulfonamides is 1. The van der Waals surface area contributed by atoms with E-state index in [1.54, 1.807) is 6.07 Å². The molecule has 8 nitrogen and oxygen atoms in total. The number of thiophene rings is 1. The van der Waals surface area contributed by atoms with Crippen molar-refractivity contribution in [3.63, 3.8) is 0 Å². The molecule has 24 heavy (non-hydrogen) atoms. The number of hydrogen-bond acceptors (Lipinski definition) is 6. The van der Waals surface area contributed by atoms with Crippen molar-refractivity contribution in [2.75, 3.05) is 7.05 Å². The van der Waals surface area contributed by atoms with E-state index >= 15 is 0 Å². The summed E-state index contributed by atoms with van der Waals surface area (Å²) in [6.07, 6.45) is 0. The van der Waals surface area contributed by atoms with E-state index in [2.05, 4.69) is 10.0 Å². The van der Waals surface area contributed by atoms with Crippen LogP contribution in [0, 0.1) is 10.1 Å². The molecule has 0 aliphatic heterocycles. The standard InChI is InChI=1S/C13H12ClN3O5S2/c1-15-24(21,22)12-5-3-9(23-12)7-16-13(18)10-4-2-8(14)6-11(10)17(19)20/h2-6,15H,7H2,1H3,(H,16,18). The Morgan fingerprint density at radius 3 is 2.67 bits per heavy atom. The fraction of sp³-hybridized carbons (Fsp3) is 0.154. The van der Waals surface area contributed by atoms with Crippen molar-refractivity contribution < 1.29 is 18.1 Å². The third kappa shape index (κ3) is 4.09. The number of nitro groups is 1. The van der Waals surface area contributed by atoms with E-state index < -0.39 is 26.5 Å². The minimum absolute atomic E-state index is 0.0442. The highest BCUT2D eigenvalue weighted by atomic mass is 35.5. The van der Waals surface area contributed by atoms with Crippen molar-refractivity contribution in [3.05, 3.63) is 55.9 Å². The molecule has 2 N–H and O–H groups in total. The lowest BCUT2D eigenvalue weighted by Crippen LogP contribution is -2.23. The lowest BCUT2D eigenvalue weighted by molar-refractivity contribution is -0.385. The molecule has 0 bridgehead atoms. The lowest BCUT2D eigenvalue weighted by Gasteiger charge is -2.05. The first-order valence-electron chi connectivity index (χ1n) is 6.49. The molecule has 11 heteroatoms. The van der Waals surface area contributed by atoms with Gasteiger partial charge < -0.3 is 5.32 Å². The van der Waals surface area contributed by atoms with Crippen molar-refractivity contribution in [2.24, 2.45) is 0 Å². The Bertz CT molecular complexity index is 895. The highest BCUT2D eigenvalue weighted by Gasteiger charge is 2.21. The van der Waals surface area contributed by atoms with E-state index in [0.29, 0.717) is 4.88 Å². The summed E-state index contributed by atoms with van der Waals surface area (Å²) < 4.78 is 25.6. The monoisotopic (exact) mass is 389 g/mol. The average molecular weight is 390 g/mol. The number of carbonyl (C=O) groups excluding carboxylic acids is 1. The predicted octanol–water partition coefficient (Wildman–Crippen LogP) is 2.15. The Kier molecular flexibility index (Phi) is 5.54. The third-order valence-corrected chi connectivity index (χ3v) is 6.22. The summed E-state index contributed by atoms with van der Waals surface area (Å²) in [7, 11) is -2.24. The van der Waals surface area contributed by atoms with Gasteiger partial charge in [0.1, 0.15) is 9.77 Å². The topological polar surface area (TPSA) is 118 Å². The van der Waals surface area contributed by atoms with Gasteiger partial charge >= 0.3 is 0 Å². The molecule has 2 rings (SSSR count). The Hall–Kier alpha value is -2.01. The van der Waals surface area contributed by atoms with Crippen LogP contribution in [0.4, 0.5) is 5.69 Å². The Labute approximate surface area is 146 Å². The number of carbonyl (C=O) groups is 1. The molecule has 0 atom stereocenters. The van der Waals surface area contributed by atoms with Crippen LogP contribution in [0.5, 0.6) is 0 Å². The molecule has 1 aromatic carbocycles. The number of nitrogens with zero attached hydrogens (tertiary/aromatic N) is 1. The summed E-state index contributed by atoms with van der Waals surface area (Å²) in [6.45, 7) is 0.0442. The first-order valence-corrected chi connectivity index (χ1v) is 9.17. The highest BCUT2D eigenvalue weighted by Crippen LogP contribution is 2.24. The zero-order valence-corrected chi connectivity index (χ0v) is 14.7. The number of hydrogen-bond donors (Lipinski definition) is 2. The minimum atomic E-state index is -3.54. The molecule has 0 fully saturated rings. The van der Waals surface area contributed by atoms with Gasteiger partial charge in [-0.3, -0.25) is 14.9 Å². The predicted molar refractivity (Wildman–Crippen MR) is 89.8 cm³/mol. The largest absolute Gasteiger partial charge is 0.347 e. The van der Waals surface area contributed by atoms with Gasteiger partial charge in [-0.05, 0) is 31.3 Å². The van der Waals surface area contributed by atoms with E-state index in [-0.39, 0.29) is 21.3 Å². The van der Waals surface area contributed by atoms with Crippen LogP contribution in [-0.2, 0) is 16.6 Å². The molecule has 1 aromatic heterocycles. The van der Waals surface area contributed by atoms with Crippen LogP contribution in [0.3, 0.4) is 0 Å². The first-order chi connectivity index (χ1) is 11.2. The van der Waals surface area contributed by atoms with Gasteiger partial charge in [0.05, 0.1) is 11.5 Å². The molecule has 0 radical (unpaired) electrons. The fourth-order valence-corrected chi connectivity index (χ4v) is 4.11. The number of nitro benzene ring substituents is 1. The van der Waals surface area contributed by atoms with Gasteiger partial charge in [-0.2, -0.15) is 0 Å². The molecule has 0 aliphatic rings. The Morgan fingerprint density at radius 2 is 2.04 bits per heavy atom.